The van der Waals surface area contributed by atoms with Crippen LogP contribution in [0.4, 0.5) is 57.1 Å². The van der Waals surface area contributed by atoms with E-state index in [4.69, 9.17) is 0 Å². The normalized spacial score (nSPS) is 14.9. The lowest BCUT2D eigenvalue weighted by Crippen LogP contribution is -2.70. The molecule has 2 nitrogen and oxygen atoms in total. The second-order valence-electron chi connectivity index (χ2n) is 5.21. The highest BCUT2D eigenvalue weighted by molar-refractivity contribution is 5.86. The number of carbonyl (C=O) groups excluding carboxylic acids is 1. The third-order valence-corrected chi connectivity index (χ3v) is 3.31. The van der Waals surface area contributed by atoms with Gasteiger partial charge >= 0.3 is 35.8 Å². The number of hydrogen-bond donors (Lipinski definition) is 0. The molecule has 0 saturated heterocycles. The fourth-order valence-corrected chi connectivity index (χ4v) is 1.53. The summed E-state index contributed by atoms with van der Waals surface area (Å²) in [6, 6.07) is 0. The van der Waals surface area contributed by atoms with Gasteiger partial charge in [-0.2, -0.15) is 57.1 Å². The average molecular weight is 431 g/mol. The molecule has 0 fully saturated rings. The molecule has 0 aliphatic carbocycles. The number of carbonyl (C=O) groups is 1. The fourth-order valence-electron chi connectivity index (χ4n) is 1.53. The lowest BCUT2D eigenvalue weighted by Gasteiger charge is -2.40. The largest absolute Gasteiger partial charge is 0.460 e. The van der Waals surface area contributed by atoms with Crippen LogP contribution in [0.2, 0.25) is 0 Å². The summed E-state index contributed by atoms with van der Waals surface area (Å²) in [4.78, 5) is 11.2. The van der Waals surface area contributed by atoms with Gasteiger partial charge in [-0.3, -0.25) is 4.79 Å². The van der Waals surface area contributed by atoms with Gasteiger partial charge in [0.2, 0.25) is 5.91 Å². The first-order valence-corrected chi connectivity index (χ1v) is 6.45. The first-order chi connectivity index (χ1) is 11.6. The van der Waals surface area contributed by atoms with Crippen molar-refractivity contribution in [2.24, 2.45) is 0 Å². The number of likely N-dealkylation sites (N-methyl/N-ethyl adjacent to an activating group) is 1. The fraction of sp³-hybridized carbons (Fsp3) is 0.750. The Bertz CT molecular complexity index is 566. The minimum Gasteiger partial charge on any atom is -0.342 e. The summed E-state index contributed by atoms with van der Waals surface area (Å²) in [6.45, 7) is 1.39. The number of alkyl halides is 13. The molecule has 0 aromatic rings. The molecule has 0 bridgehead atoms. The Labute approximate surface area is 142 Å². The van der Waals surface area contributed by atoms with Gasteiger partial charge in [0, 0.05) is 20.0 Å². The zero-order chi connectivity index (χ0) is 22.3. The third-order valence-electron chi connectivity index (χ3n) is 3.31. The van der Waals surface area contributed by atoms with Crippen molar-refractivity contribution in [2.75, 3.05) is 13.6 Å². The zero-order valence-corrected chi connectivity index (χ0v) is 13.0. The van der Waals surface area contributed by atoms with E-state index in [0.717, 1.165) is 0 Å². The molecule has 0 N–H and O–H groups in total. The molecule has 0 aromatic heterocycles. The number of halogens is 13. The maximum Gasteiger partial charge on any atom is 0.460 e. The summed E-state index contributed by atoms with van der Waals surface area (Å²) in [5.74, 6) is -38.2. The lowest BCUT2D eigenvalue weighted by atomic mass is 9.92. The van der Waals surface area contributed by atoms with E-state index in [-0.39, 0.29) is 4.90 Å². The molecule has 0 aliphatic rings. The standard InChI is InChI=1S/C12H10F13NO/c1-3-6(27)26(2)5-4-7(13,14)8(15,16)9(17,18)10(19,20)11(21,22)12(23,24)25/h3H,1,4-5H2,2H3. The van der Waals surface area contributed by atoms with Gasteiger partial charge < -0.3 is 4.90 Å². The Morgan fingerprint density at radius 3 is 1.48 bits per heavy atom. The minimum absolute atomic E-state index is 0.206. The molecule has 0 unspecified atom stereocenters. The summed E-state index contributed by atoms with van der Waals surface area (Å²) in [5, 5.41) is 0. The van der Waals surface area contributed by atoms with E-state index < -0.39 is 54.7 Å². The van der Waals surface area contributed by atoms with Crippen LogP contribution in [0.1, 0.15) is 6.42 Å². The van der Waals surface area contributed by atoms with Crippen LogP contribution in [0.3, 0.4) is 0 Å². The van der Waals surface area contributed by atoms with Gasteiger partial charge in [0.05, 0.1) is 0 Å². The highest BCUT2D eigenvalue weighted by atomic mass is 19.4. The predicted octanol–water partition coefficient (Wildman–Crippen LogP) is 4.76. The molecule has 15 heteroatoms. The molecular weight excluding hydrogens is 421 g/mol. The smallest absolute Gasteiger partial charge is 0.342 e. The first-order valence-electron chi connectivity index (χ1n) is 6.45. The van der Waals surface area contributed by atoms with Crippen molar-refractivity contribution in [1.29, 1.82) is 0 Å². The van der Waals surface area contributed by atoms with E-state index in [1.54, 1.807) is 0 Å². The van der Waals surface area contributed by atoms with E-state index in [2.05, 4.69) is 6.58 Å². The summed E-state index contributed by atoms with van der Waals surface area (Å²) in [7, 11) is 0.683. The van der Waals surface area contributed by atoms with Crippen LogP contribution in [-0.2, 0) is 4.79 Å². The van der Waals surface area contributed by atoms with E-state index in [9.17, 15) is 61.9 Å². The molecule has 0 rings (SSSR count). The van der Waals surface area contributed by atoms with Crippen LogP contribution >= 0.6 is 0 Å². The molecule has 0 radical (unpaired) electrons. The van der Waals surface area contributed by atoms with Crippen LogP contribution < -0.4 is 0 Å². The van der Waals surface area contributed by atoms with Crippen LogP contribution in [0.5, 0.6) is 0 Å². The van der Waals surface area contributed by atoms with E-state index in [0.29, 0.717) is 13.1 Å². The summed E-state index contributed by atoms with van der Waals surface area (Å²) in [5.41, 5.74) is 0. The Hall–Kier alpha value is -1.70. The van der Waals surface area contributed by atoms with Gasteiger partial charge in [-0.05, 0) is 6.08 Å². The Morgan fingerprint density at radius 1 is 0.778 bits per heavy atom. The van der Waals surface area contributed by atoms with Crippen molar-refractivity contribution < 1.29 is 61.9 Å². The molecule has 0 atom stereocenters. The quantitative estimate of drug-likeness (QED) is 0.401. The van der Waals surface area contributed by atoms with Crippen LogP contribution in [-0.4, -0.2) is 60.2 Å². The van der Waals surface area contributed by atoms with Gasteiger partial charge in [-0.25, -0.2) is 0 Å². The zero-order valence-electron chi connectivity index (χ0n) is 13.0. The maximum atomic E-state index is 13.4. The van der Waals surface area contributed by atoms with Crippen molar-refractivity contribution in [1.82, 2.24) is 4.90 Å². The Kier molecular flexibility index (Phi) is 6.59. The van der Waals surface area contributed by atoms with Crippen molar-refractivity contribution in [3.05, 3.63) is 12.7 Å². The molecule has 0 saturated carbocycles. The molecule has 27 heavy (non-hydrogen) atoms. The van der Waals surface area contributed by atoms with Crippen molar-refractivity contribution in [2.45, 2.75) is 42.2 Å². The molecule has 1 amide bonds. The average Bonchev–Trinajstić information content (AvgIpc) is 2.49. The molecule has 0 heterocycles. The lowest BCUT2D eigenvalue weighted by molar-refractivity contribution is -0.440. The van der Waals surface area contributed by atoms with Gasteiger partial charge in [0.15, 0.2) is 0 Å². The molecule has 160 valence electrons. The van der Waals surface area contributed by atoms with Gasteiger partial charge in [0.1, 0.15) is 0 Å². The second-order valence-corrected chi connectivity index (χ2v) is 5.21. The van der Waals surface area contributed by atoms with Crippen LogP contribution in [0.15, 0.2) is 12.7 Å². The number of amides is 1. The first kappa shape index (κ1) is 25.3. The highest BCUT2D eigenvalue weighted by Crippen LogP contribution is 2.60. The minimum atomic E-state index is -7.92. The van der Waals surface area contributed by atoms with Gasteiger partial charge in [-0.15, -0.1) is 0 Å². The second kappa shape index (κ2) is 7.04. The molecule has 0 spiro atoms. The summed E-state index contributed by atoms with van der Waals surface area (Å²) < 4.78 is 167. The predicted molar refractivity (Wildman–Crippen MR) is 63.2 cm³/mol. The molecule has 0 aliphatic heterocycles. The van der Waals surface area contributed by atoms with Crippen LogP contribution in [0.25, 0.3) is 0 Å². The van der Waals surface area contributed by atoms with Crippen LogP contribution in [0, 0.1) is 0 Å². The highest BCUT2D eigenvalue weighted by Gasteiger charge is 2.90. The van der Waals surface area contributed by atoms with Crippen molar-refractivity contribution in [3.63, 3.8) is 0 Å². The van der Waals surface area contributed by atoms with Gasteiger partial charge in [-0.1, -0.05) is 6.58 Å². The van der Waals surface area contributed by atoms with E-state index in [1.165, 1.54) is 0 Å². The SMILES string of the molecule is C=CC(=O)N(C)CCC(F)(F)C(F)(F)C(F)(F)C(F)(F)C(F)(F)C(F)(F)F. The molecular formula is C12H10F13NO. The molecule has 0 aromatic carbocycles. The maximum absolute atomic E-state index is 13.4. The number of rotatable bonds is 8. The summed E-state index contributed by atoms with van der Waals surface area (Å²) >= 11 is 0. The van der Waals surface area contributed by atoms with E-state index >= 15 is 0 Å². The topological polar surface area (TPSA) is 20.3 Å². The Morgan fingerprint density at radius 2 is 1.15 bits per heavy atom. The monoisotopic (exact) mass is 431 g/mol. The number of nitrogens with zero attached hydrogens (tertiary/aromatic N) is 1. The summed E-state index contributed by atoms with van der Waals surface area (Å²) in [6.07, 6.45) is -9.43. The van der Waals surface area contributed by atoms with Crippen molar-refractivity contribution >= 4 is 5.91 Å². The Balaban J connectivity index is 5.94. The van der Waals surface area contributed by atoms with Crippen molar-refractivity contribution in [3.8, 4) is 0 Å². The number of hydrogen-bond acceptors (Lipinski definition) is 1. The van der Waals surface area contributed by atoms with Gasteiger partial charge in [0.25, 0.3) is 0 Å². The van der Waals surface area contributed by atoms with E-state index in [1.807, 2.05) is 0 Å². The third kappa shape index (κ3) is 3.95.